The van der Waals surface area contributed by atoms with Crippen LogP contribution in [0.1, 0.15) is 102 Å². The molecule has 0 spiro atoms. The van der Waals surface area contributed by atoms with Gasteiger partial charge >= 0.3 is 0 Å². The summed E-state index contributed by atoms with van der Waals surface area (Å²) in [4.78, 5) is 0. The minimum absolute atomic E-state index is 0.0607. The van der Waals surface area contributed by atoms with Gasteiger partial charge in [-0.05, 0) is 87.5 Å². The Hall–Kier alpha value is -1.72. The first-order chi connectivity index (χ1) is 18.9. The van der Waals surface area contributed by atoms with Gasteiger partial charge in [-0.3, -0.25) is 0 Å². The summed E-state index contributed by atoms with van der Waals surface area (Å²) in [6.45, 7) is 19.2. The molecule has 0 radical (unpaired) electrons. The average molecular weight is 549 g/mol. The van der Waals surface area contributed by atoms with Crippen LogP contribution in [-0.4, -0.2) is 34.6 Å². The van der Waals surface area contributed by atoms with Crippen LogP contribution in [0, 0.1) is 25.7 Å². The van der Waals surface area contributed by atoms with Gasteiger partial charge in [0.05, 0.1) is 47.8 Å². The second-order valence-electron chi connectivity index (χ2n) is 14.1. The van der Waals surface area contributed by atoms with Crippen molar-refractivity contribution in [2.24, 2.45) is 11.8 Å². The van der Waals surface area contributed by atoms with E-state index in [1.807, 2.05) is 0 Å². The molecule has 40 heavy (non-hydrogen) atoms. The summed E-state index contributed by atoms with van der Waals surface area (Å²) in [6, 6.07) is 16.9. The van der Waals surface area contributed by atoms with E-state index in [-0.39, 0.29) is 34.6 Å². The fraction of sp³-hybridized carbons (Fsp3) is 0.667. The summed E-state index contributed by atoms with van der Waals surface area (Å²) in [6.07, 6.45) is 7.20. The van der Waals surface area contributed by atoms with Crippen molar-refractivity contribution < 1.29 is 18.9 Å². The first kappa shape index (κ1) is 29.8. The molecule has 4 aliphatic rings. The quantitative estimate of drug-likeness (QED) is 0.331. The summed E-state index contributed by atoms with van der Waals surface area (Å²) in [5.74, 6) is 1.13. The topological polar surface area (TPSA) is 36.9 Å². The summed E-state index contributed by atoms with van der Waals surface area (Å²) < 4.78 is 25.3. The Morgan fingerprint density at radius 1 is 0.650 bits per heavy atom. The molecule has 4 heteroatoms. The molecule has 6 rings (SSSR count). The van der Waals surface area contributed by atoms with Crippen LogP contribution in [0.15, 0.2) is 48.5 Å². The van der Waals surface area contributed by atoms with E-state index in [1.54, 1.807) is 0 Å². The van der Waals surface area contributed by atoms with Gasteiger partial charge in [-0.15, -0.1) is 0 Å². The summed E-state index contributed by atoms with van der Waals surface area (Å²) in [5.41, 5.74) is 5.16. The zero-order valence-electron chi connectivity index (χ0n) is 26.2. The number of aryl methyl sites for hydroxylation is 2. The van der Waals surface area contributed by atoms with E-state index < -0.39 is 0 Å². The van der Waals surface area contributed by atoms with E-state index in [4.69, 9.17) is 18.9 Å². The van der Waals surface area contributed by atoms with Crippen molar-refractivity contribution in [2.75, 3.05) is 0 Å². The van der Waals surface area contributed by atoms with Crippen LogP contribution in [0.2, 0.25) is 0 Å². The van der Waals surface area contributed by atoms with Crippen molar-refractivity contribution in [3.05, 3.63) is 70.8 Å². The lowest BCUT2D eigenvalue weighted by Gasteiger charge is -2.31. The molecular formula is C36H52O4. The molecule has 0 N–H and O–H groups in total. The molecule has 4 aliphatic heterocycles. The third-order valence-corrected chi connectivity index (χ3v) is 10.9. The van der Waals surface area contributed by atoms with Crippen LogP contribution in [-0.2, 0) is 32.2 Å². The Morgan fingerprint density at radius 2 is 1.02 bits per heavy atom. The zero-order valence-corrected chi connectivity index (χ0v) is 26.2. The Labute approximate surface area is 243 Å². The molecule has 4 saturated heterocycles. The molecule has 4 heterocycles. The van der Waals surface area contributed by atoms with E-state index in [0.29, 0.717) is 25.0 Å². The minimum Gasteiger partial charge on any atom is -0.370 e. The highest BCUT2D eigenvalue weighted by atomic mass is 16.6. The van der Waals surface area contributed by atoms with E-state index in [9.17, 15) is 0 Å². The molecule has 0 aromatic heterocycles. The number of hydrogen-bond acceptors (Lipinski definition) is 4. The molecule has 0 aliphatic carbocycles. The molecule has 0 saturated carbocycles. The van der Waals surface area contributed by atoms with Crippen molar-refractivity contribution in [1.82, 2.24) is 0 Å². The van der Waals surface area contributed by atoms with E-state index in [0.717, 1.165) is 25.7 Å². The number of rotatable bonds is 8. The predicted molar refractivity (Wildman–Crippen MR) is 161 cm³/mol. The molecule has 4 bridgehead atoms. The normalized spacial score (nSPS) is 36.0. The molecule has 4 fully saturated rings. The maximum absolute atomic E-state index is 6.42. The van der Waals surface area contributed by atoms with Gasteiger partial charge in [0, 0.05) is 12.8 Å². The standard InChI is InChI=1S/2C18H26O2/c2*1-13(2)18-10-9-17(4,20-18)16(11-18)19-12-15-8-6-5-7-14(15)3/h2*5-8,13,16H,9-12H2,1-4H3/t2*16-,17-,18+/m10/s1. The third kappa shape index (κ3) is 5.54. The summed E-state index contributed by atoms with van der Waals surface area (Å²) in [5, 5.41) is 0. The second kappa shape index (κ2) is 11.2. The van der Waals surface area contributed by atoms with Crippen LogP contribution in [0.4, 0.5) is 0 Å². The molecule has 2 aromatic rings. The number of fused-ring (bicyclic) bond motifs is 4. The van der Waals surface area contributed by atoms with Crippen LogP contribution in [0.5, 0.6) is 0 Å². The number of ether oxygens (including phenoxy) is 4. The molecule has 2 aromatic carbocycles. The van der Waals surface area contributed by atoms with Crippen LogP contribution < -0.4 is 0 Å². The lowest BCUT2D eigenvalue weighted by molar-refractivity contribution is -0.0961. The Morgan fingerprint density at radius 3 is 1.35 bits per heavy atom. The van der Waals surface area contributed by atoms with Gasteiger partial charge in [-0.1, -0.05) is 76.2 Å². The molecule has 220 valence electrons. The maximum Gasteiger partial charge on any atom is 0.0924 e. The molecular weight excluding hydrogens is 496 g/mol. The second-order valence-corrected chi connectivity index (χ2v) is 14.1. The molecule has 6 atom stereocenters. The largest absolute Gasteiger partial charge is 0.370 e. The monoisotopic (exact) mass is 548 g/mol. The SMILES string of the molecule is Cc1ccccc1CO[C@@H]1C[C@]2(C(C)C)CC[C@@]1(C)O2.Cc1ccccc1CO[C@H]1C[C@@]2(C(C)C)CC[C@]1(C)O2. The van der Waals surface area contributed by atoms with Gasteiger partial charge in [0.2, 0.25) is 0 Å². The third-order valence-electron chi connectivity index (χ3n) is 10.9. The summed E-state index contributed by atoms with van der Waals surface area (Å²) in [7, 11) is 0. The van der Waals surface area contributed by atoms with Crippen molar-refractivity contribution in [3.8, 4) is 0 Å². The van der Waals surface area contributed by atoms with E-state index in [1.165, 1.54) is 35.1 Å². The molecule has 0 unspecified atom stereocenters. The molecule has 4 nitrogen and oxygen atoms in total. The average Bonchev–Trinajstić information content (AvgIpc) is 3.62. The maximum atomic E-state index is 6.42. The fourth-order valence-corrected chi connectivity index (χ4v) is 7.53. The lowest BCUT2D eigenvalue weighted by Crippen LogP contribution is -2.38. The van der Waals surface area contributed by atoms with Gasteiger partial charge in [0.25, 0.3) is 0 Å². The summed E-state index contributed by atoms with van der Waals surface area (Å²) >= 11 is 0. The first-order valence-corrected chi connectivity index (χ1v) is 15.6. The minimum atomic E-state index is -0.0764. The highest BCUT2D eigenvalue weighted by Gasteiger charge is 2.61. The highest BCUT2D eigenvalue weighted by Crippen LogP contribution is 2.56. The number of benzene rings is 2. The molecule has 0 amide bonds. The Kier molecular flexibility index (Phi) is 8.31. The Balaban J connectivity index is 0.000000161. The van der Waals surface area contributed by atoms with Crippen molar-refractivity contribution in [1.29, 1.82) is 0 Å². The van der Waals surface area contributed by atoms with Crippen molar-refractivity contribution >= 4 is 0 Å². The van der Waals surface area contributed by atoms with E-state index >= 15 is 0 Å². The van der Waals surface area contributed by atoms with Gasteiger partial charge in [0.15, 0.2) is 0 Å². The van der Waals surface area contributed by atoms with Crippen LogP contribution in [0.3, 0.4) is 0 Å². The predicted octanol–water partition coefficient (Wildman–Crippen LogP) is 8.50. The lowest BCUT2D eigenvalue weighted by atomic mass is 9.75. The van der Waals surface area contributed by atoms with Crippen molar-refractivity contribution in [3.63, 3.8) is 0 Å². The first-order valence-electron chi connectivity index (χ1n) is 15.6. The van der Waals surface area contributed by atoms with Gasteiger partial charge in [-0.25, -0.2) is 0 Å². The van der Waals surface area contributed by atoms with Gasteiger partial charge < -0.3 is 18.9 Å². The number of hydrogen-bond donors (Lipinski definition) is 0. The van der Waals surface area contributed by atoms with Gasteiger partial charge in [0.1, 0.15) is 0 Å². The smallest absolute Gasteiger partial charge is 0.0924 e. The highest BCUT2D eigenvalue weighted by molar-refractivity contribution is 5.26. The zero-order chi connectivity index (χ0) is 28.8. The fourth-order valence-electron chi connectivity index (χ4n) is 7.53. The van der Waals surface area contributed by atoms with Crippen LogP contribution >= 0.6 is 0 Å². The van der Waals surface area contributed by atoms with Crippen LogP contribution in [0.25, 0.3) is 0 Å². The van der Waals surface area contributed by atoms with E-state index in [2.05, 4.69) is 104 Å². The van der Waals surface area contributed by atoms with Gasteiger partial charge in [-0.2, -0.15) is 0 Å². The van der Waals surface area contributed by atoms with Crippen molar-refractivity contribution in [2.45, 2.75) is 142 Å². The Bertz CT molecular complexity index is 1080.